The van der Waals surface area contributed by atoms with Crippen LogP contribution in [0.2, 0.25) is 0 Å². The predicted molar refractivity (Wildman–Crippen MR) is 107 cm³/mol. The van der Waals surface area contributed by atoms with E-state index in [0.29, 0.717) is 31.5 Å². The second kappa shape index (κ2) is 8.12. The van der Waals surface area contributed by atoms with Crippen LogP contribution in [0.4, 0.5) is 0 Å². The van der Waals surface area contributed by atoms with Crippen LogP contribution in [0.25, 0.3) is 5.69 Å². The Hall–Kier alpha value is -1.71. The number of nitrogens with zero attached hydrogens (tertiary/aromatic N) is 4. The van der Waals surface area contributed by atoms with Crippen LogP contribution in [0.15, 0.2) is 41.1 Å². The van der Waals surface area contributed by atoms with Crippen molar-refractivity contribution in [1.82, 2.24) is 19.0 Å². The first-order valence-corrected chi connectivity index (χ1v) is 11.3. The first-order valence-electron chi connectivity index (χ1n) is 8.87. The summed E-state index contributed by atoms with van der Waals surface area (Å²) < 4.78 is 28.2. The van der Waals surface area contributed by atoms with E-state index >= 15 is 0 Å². The molecule has 0 spiro atoms. The molecule has 0 atom stereocenters. The third-order valence-corrected chi connectivity index (χ3v) is 7.42. The molecule has 3 rings (SSSR count). The molecule has 1 saturated heterocycles. The maximum atomic E-state index is 12.8. The molecule has 2 heterocycles. The average molecular weight is 455 g/mol. The van der Waals surface area contributed by atoms with Crippen LogP contribution in [0.3, 0.4) is 0 Å². The van der Waals surface area contributed by atoms with Crippen molar-refractivity contribution in [3.05, 3.63) is 46.7 Å². The Morgan fingerprint density at radius 3 is 2.48 bits per heavy atom. The molecule has 9 heteroatoms. The Bertz CT molecular complexity index is 903. The Morgan fingerprint density at radius 1 is 1.26 bits per heavy atom. The molecule has 0 radical (unpaired) electrons. The van der Waals surface area contributed by atoms with Crippen molar-refractivity contribution in [2.45, 2.75) is 25.8 Å². The normalized spacial score (nSPS) is 16.1. The van der Waals surface area contributed by atoms with Gasteiger partial charge in [0.25, 0.3) is 5.91 Å². The molecule has 0 saturated carbocycles. The quantitative estimate of drug-likeness (QED) is 0.695. The Kier molecular flexibility index (Phi) is 6.02. The van der Waals surface area contributed by atoms with Gasteiger partial charge in [0.05, 0.1) is 23.2 Å². The van der Waals surface area contributed by atoms with E-state index in [1.807, 2.05) is 24.3 Å². The summed E-state index contributed by atoms with van der Waals surface area (Å²) in [7, 11) is -1.58. The first kappa shape index (κ1) is 20.0. The molecule has 1 aliphatic heterocycles. The zero-order valence-corrected chi connectivity index (χ0v) is 17.8. The topological polar surface area (TPSA) is 75.5 Å². The molecular weight excluding hydrogens is 432 g/mol. The number of carbonyl (C=O) groups is 1. The lowest BCUT2D eigenvalue weighted by molar-refractivity contribution is 0.0686. The maximum Gasteiger partial charge on any atom is 0.257 e. The number of carbonyl (C=O) groups excluding carboxylic acids is 1. The first-order chi connectivity index (χ1) is 12.8. The fourth-order valence-corrected chi connectivity index (χ4v) is 4.55. The number of hydrogen-bond donors (Lipinski definition) is 0. The van der Waals surface area contributed by atoms with Crippen molar-refractivity contribution < 1.29 is 13.2 Å². The summed E-state index contributed by atoms with van der Waals surface area (Å²) in [6.45, 7) is 2.72. The lowest BCUT2D eigenvalue weighted by atomic mass is 10.0. The molecule has 2 aromatic rings. The summed E-state index contributed by atoms with van der Waals surface area (Å²) in [4.78, 5) is 14.5. The molecule has 0 N–H and O–H groups in total. The molecule has 0 bridgehead atoms. The number of sulfonamides is 1. The minimum absolute atomic E-state index is 0.0514. The highest BCUT2D eigenvalue weighted by Crippen LogP contribution is 2.20. The van der Waals surface area contributed by atoms with Gasteiger partial charge in [0.1, 0.15) is 0 Å². The fraction of sp³-hybridized carbons (Fsp3) is 0.444. The summed E-state index contributed by atoms with van der Waals surface area (Å²) in [6.07, 6.45) is 4.58. The number of aromatic nitrogens is 2. The second-order valence-electron chi connectivity index (χ2n) is 6.59. The van der Waals surface area contributed by atoms with E-state index in [4.69, 9.17) is 0 Å². The Balaban J connectivity index is 1.64. The zero-order chi connectivity index (χ0) is 19.6. The van der Waals surface area contributed by atoms with Gasteiger partial charge in [0, 0.05) is 36.8 Å². The SMILES string of the molecule is CCS(=O)(=O)N(C)C1CCN(C(=O)c2cnn(-c3ccc(Br)cc3)c2)CC1. The van der Waals surface area contributed by atoms with Crippen LogP contribution in [0, 0.1) is 0 Å². The van der Waals surface area contributed by atoms with Crippen LogP contribution in [0.5, 0.6) is 0 Å². The molecule has 7 nitrogen and oxygen atoms in total. The van der Waals surface area contributed by atoms with E-state index in [2.05, 4.69) is 21.0 Å². The summed E-state index contributed by atoms with van der Waals surface area (Å²) in [5, 5.41) is 4.28. The maximum absolute atomic E-state index is 12.8. The zero-order valence-electron chi connectivity index (χ0n) is 15.4. The van der Waals surface area contributed by atoms with E-state index in [1.165, 1.54) is 4.31 Å². The standard InChI is InChI=1S/C18H23BrN4O3S/c1-3-27(25,26)21(2)16-8-10-22(11-9-16)18(24)14-12-20-23(13-14)17-6-4-15(19)5-7-17/h4-7,12-13,16H,3,8-11H2,1-2H3. The largest absolute Gasteiger partial charge is 0.338 e. The minimum atomic E-state index is -3.20. The molecule has 0 aliphatic carbocycles. The molecule has 27 heavy (non-hydrogen) atoms. The highest BCUT2D eigenvalue weighted by Gasteiger charge is 2.30. The van der Waals surface area contributed by atoms with Gasteiger partial charge < -0.3 is 4.90 Å². The minimum Gasteiger partial charge on any atom is -0.338 e. The van der Waals surface area contributed by atoms with Crippen LogP contribution in [-0.2, 0) is 10.0 Å². The van der Waals surface area contributed by atoms with Crippen molar-refractivity contribution in [3.8, 4) is 5.69 Å². The lowest BCUT2D eigenvalue weighted by Crippen LogP contribution is -2.47. The van der Waals surface area contributed by atoms with Crippen molar-refractivity contribution >= 4 is 31.9 Å². The van der Waals surface area contributed by atoms with Crippen LogP contribution in [-0.4, -0.2) is 65.2 Å². The van der Waals surface area contributed by atoms with Gasteiger partial charge in [-0.2, -0.15) is 5.10 Å². The highest BCUT2D eigenvalue weighted by molar-refractivity contribution is 9.10. The van der Waals surface area contributed by atoms with Crippen molar-refractivity contribution in [2.75, 3.05) is 25.9 Å². The molecular formula is C18H23BrN4O3S. The van der Waals surface area contributed by atoms with E-state index in [9.17, 15) is 13.2 Å². The van der Waals surface area contributed by atoms with E-state index in [-0.39, 0.29) is 17.7 Å². The van der Waals surface area contributed by atoms with Gasteiger partial charge in [-0.3, -0.25) is 4.79 Å². The summed E-state index contributed by atoms with van der Waals surface area (Å²) in [5.41, 5.74) is 1.41. The van der Waals surface area contributed by atoms with E-state index in [0.717, 1.165) is 10.2 Å². The molecule has 1 aliphatic rings. The van der Waals surface area contributed by atoms with Gasteiger partial charge in [0.15, 0.2) is 0 Å². The molecule has 146 valence electrons. The van der Waals surface area contributed by atoms with Crippen molar-refractivity contribution in [1.29, 1.82) is 0 Å². The molecule has 0 unspecified atom stereocenters. The molecule has 1 amide bonds. The average Bonchev–Trinajstić information content (AvgIpc) is 3.17. The van der Waals surface area contributed by atoms with Gasteiger partial charge in [-0.25, -0.2) is 17.4 Å². The third-order valence-electron chi connectivity index (χ3n) is 4.99. The summed E-state index contributed by atoms with van der Waals surface area (Å²) in [5.74, 6) is 0.0237. The van der Waals surface area contributed by atoms with E-state index in [1.54, 1.807) is 35.9 Å². The monoisotopic (exact) mass is 454 g/mol. The smallest absolute Gasteiger partial charge is 0.257 e. The van der Waals surface area contributed by atoms with Crippen LogP contribution >= 0.6 is 15.9 Å². The third kappa shape index (κ3) is 4.41. The second-order valence-corrected chi connectivity index (χ2v) is 9.82. The van der Waals surface area contributed by atoms with Gasteiger partial charge in [-0.15, -0.1) is 0 Å². The number of likely N-dealkylation sites (tertiary alicyclic amines) is 1. The number of amides is 1. The Morgan fingerprint density at radius 2 is 1.89 bits per heavy atom. The summed E-state index contributed by atoms with van der Waals surface area (Å²) >= 11 is 3.40. The van der Waals surface area contributed by atoms with Gasteiger partial charge in [-0.1, -0.05) is 15.9 Å². The number of rotatable bonds is 5. The number of piperidine rings is 1. The number of hydrogen-bond acceptors (Lipinski definition) is 4. The molecule has 1 aromatic carbocycles. The van der Waals surface area contributed by atoms with Gasteiger partial charge in [0.2, 0.25) is 10.0 Å². The predicted octanol–water partition coefficient (Wildman–Crippen LogP) is 2.52. The number of halogens is 1. The van der Waals surface area contributed by atoms with E-state index < -0.39 is 10.0 Å². The van der Waals surface area contributed by atoms with Crippen LogP contribution in [0.1, 0.15) is 30.1 Å². The van der Waals surface area contributed by atoms with Gasteiger partial charge >= 0.3 is 0 Å². The van der Waals surface area contributed by atoms with Crippen molar-refractivity contribution in [3.63, 3.8) is 0 Å². The lowest BCUT2D eigenvalue weighted by Gasteiger charge is -2.35. The molecule has 1 fully saturated rings. The summed E-state index contributed by atoms with van der Waals surface area (Å²) in [6, 6.07) is 7.63. The Labute approximate surface area is 168 Å². The van der Waals surface area contributed by atoms with Crippen LogP contribution < -0.4 is 0 Å². The molecule has 1 aromatic heterocycles. The number of benzene rings is 1. The van der Waals surface area contributed by atoms with Crippen molar-refractivity contribution in [2.24, 2.45) is 0 Å². The highest BCUT2D eigenvalue weighted by atomic mass is 79.9. The fourth-order valence-electron chi connectivity index (χ4n) is 3.21. The van der Waals surface area contributed by atoms with Gasteiger partial charge in [-0.05, 0) is 44.0 Å².